The third kappa shape index (κ3) is 6.00. The van der Waals surface area contributed by atoms with E-state index in [1.807, 2.05) is 0 Å². The normalized spacial score (nSPS) is 18.5. The van der Waals surface area contributed by atoms with Gasteiger partial charge >= 0.3 is 10.8 Å². The average molecular weight is 680 g/mol. The van der Waals surface area contributed by atoms with E-state index in [1.165, 1.54) is 19.2 Å². The molecule has 3 atom stereocenters. The number of nitrogens with zero attached hydrogens (tertiary/aromatic N) is 1. The molecule has 46 heavy (non-hydrogen) atoms. The zero-order valence-electron chi connectivity index (χ0n) is 24.4. The molecule has 0 spiro atoms. The predicted molar refractivity (Wildman–Crippen MR) is 173 cm³/mol. The van der Waals surface area contributed by atoms with Gasteiger partial charge in [0, 0.05) is 27.1 Å². The summed E-state index contributed by atoms with van der Waals surface area (Å²) in [4.78, 5) is 69.4. The van der Waals surface area contributed by atoms with E-state index in [0.717, 1.165) is 28.0 Å². The highest BCUT2D eigenvalue weighted by Crippen LogP contribution is 2.54. The maximum Gasteiger partial charge on any atom is 0.338 e. The smallest absolute Gasteiger partial charge is 0.338 e. The van der Waals surface area contributed by atoms with Crippen LogP contribution >= 0.6 is 34.7 Å². The van der Waals surface area contributed by atoms with E-state index in [2.05, 4.69) is 10.3 Å². The van der Waals surface area contributed by atoms with Gasteiger partial charge in [-0.3, -0.25) is 19.2 Å². The van der Waals surface area contributed by atoms with Crippen molar-refractivity contribution in [2.45, 2.75) is 23.1 Å². The number of ether oxygens (including phenoxy) is 3. The van der Waals surface area contributed by atoms with Crippen molar-refractivity contribution in [2.24, 2.45) is 5.92 Å². The van der Waals surface area contributed by atoms with Crippen molar-refractivity contribution in [3.05, 3.63) is 97.4 Å². The van der Waals surface area contributed by atoms with E-state index in [9.17, 15) is 24.0 Å². The molecule has 0 bridgehead atoms. The number of aromatic nitrogens is 1. The number of esters is 1. The van der Waals surface area contributed by atoms with Crippen LogP contribution in [0.5, 0.6) is 11.5 Å². The van der Waals surface area contributed by atoms with Crippen LogP contribution in [-0.2, 0) is 19.1 Å². The number of imide groups is 1. The number of aromatic amines is 1. The number of hydrogen-bond donors (Lipinski definition) is 2. The minimum absolute atomic E-state index is 0.248. The summed E-state index contributed by atoms with van der Waals surface area (Å²) in [5.74, 6) is -2.60. The molecule has 2 unspecified atom stereocenters. The Bertz CT molecular complexity index is 1890. The number of thiazole rings is 1. The van der Waals surface area contributed by atoms with Crippen molar-refractivity contribution in [3.8, 4) is 11.5 Å². The topological polar surface area (TPSA) is 144 Å². The van der Waals surface area contributed by atoms with E-state index in [1.54, 1.807) is 61.5 Å². The largest absolute Gasteiger partial charge is 0.497 e. The quantitative estimate of drug-likeness (QED) is 0.183. The van der Waals surface area contributed by atoms with Gasteiger partial charge in [-0.25, -0.2) is 9.69 Å². The van der Waals surface area contributed by atoms with Crippen LogP contribution in [0.4, 0.5) is 11.4 Å². The van der Waals surface area contributed by atoms with Gasteiger partial charge in [-0.2, -0.15) is 0 Å². The molecule has 14 heteroatoms. The molecule has 3 aromatic carbocycles. The summed E-state index contributed by atoms with van der Waals surface area (Å²) in [5.41, 5.74) is 1.66. The Morgan fingerprint density at radius 2 is 1.74 bits per heavy atom. The molecule has 1 aromatic heterocycles. The summed E-state index contributed by atoms with van der Waals surface area (Å²) in [6, 6.07) is 17.6. The number of nitrogens with one attached hydrogen (secondary N) is 2. The molecule has 1 fully saturated rings. The SMILES string of the molecule is CCOC(=O)c1ccc(NC(=O)COc2ccc(Cl)cc2[C@H]2c3sc(=O)[nH]c3SC3C(=O)N(c4ccc(OC)cc4)C(=O)C32)cc1. The van der Waals surface area contributed by atoms with Crippen LogP contribution in [0.15, 0.2) is 76.6 Å². The molecule has 6 rings (SSSR count). The number of fused-ring (bicyclic) bond motifs is 2. The van der Waals surface area contributed by atoms with Crippen LogP contribution in [0.25, 0.3) is 0 Å². The summed E-state index contributed by atoms with van der Waals surface area (Å²) < 4.78 is 16.2. The molecule has 2 aliphatic heterocycles. The van der Waals surface area contributed by atoms with Crippen molar-refractivity contribution in [3.63, 3.8) is 0 Å². The summed E-state index contributed by atoms with van der Waals surface area (Å²) in [5, 5.41) is 2.73. The molecule has 0 saturated carbocycles. The van der Waals surface area contributed by atoms with Gasteiger partial charge in [0.25, 0.3) is 5.91 Å². The Morgan fingerprint density at radius 1 is 1.00 bits per heavy atom. The van der Waals surface area contributed by atoms with Crippen LogP contribution in [0.1, 0.15) is 33.6 Å². The van der Waals surface area contributed by atoms with Crippen LogP contribution in [0, 0.1) is 5.92 Å². The predicted octanol–water partition coefficient (Wildman–Crippen LogP) is 5.09. The van der Waals surface area contributed by atoms with E-state index < -0.39 is 47.4 Å². The first-order valence-electron chi connectivity index (χ1n) is 14.1. The molecule has 4 aromatic rings. The standard InChI is InChI=1S/C32H26ClN3O8S2/c1-3-43-31(40)16-4-7-18(8-5-16)34-23(37)15-44-22-13-6-17(33)14-21(22)24-25-27(45-28-26(24)46-32(41)35-28)30(39)36(29(25)38)19-9-11-20(42-2)12-10-19/h4-14,24-25,27H,3,15H2,1-2H3,(H,34,37)(H,35,41)/t24-,25?,27?/m1/s1. The highest BCUT2D eigenvalue weighted by atomic mass is 35.5. The van der Waals surface area contributed by atoms with E-state index in [4.69, 9.17) is 25.8 Å². The lowest BCUT2D eigenvalue weighted by Gasteiger charge is -2.31. The lowest BCUT2D eigenvalue weighted by atomic mass is 9.82. The lowest BCUT2D eigenvalue weighted by molar-refractivity contribution is -0.122. The highest BCUT2D eigenvalue weighted by molar-refractivity contribution is 8.00. The zero-order chi connectivity index (χ0) is 32.5. The molecular weight excluding hydrogens is 654 g/mol. The van der Waals surface area contributed by atoms with Crippen molar-refractivity contribution < 1.29 is 33.4 Å². The van der Waals surface area contributed by atoms with Crippen LogP contribution < -0.4 is 24.6 Å². The average Bonchev–Trinajstić information content (AvgIpc) is 3.54. The molecule has 3 heterocycles. The molecule has 1 saturated heterocycles. The van der Waals surface area contributed by atoms with Gasteiger partial charge in [-0.15, -0.1) is 0 Å². The van der Waals surface area contributed by atoms with Crippen molar-refractivity contribution in [1.82, 2.24) is 4.98 Å². The zero-order valence-corrected chi connectivity index (χ0v) is 26.8. The van der Waals surface area contributed by atoms with Crippen LogP contribution in [0.2, 0.25) is 5.02 Å². The second kappa shape index (κ2) is 13.0. The van der Waals surface area contributed by atoms with Gasteiger partial charge in [0.05, 0.1) is 35.9 Å². The fourth-order valence-corrected chi connectivity index (χ4v) is 8.16. The van der Waals surface area contributed by atoms with Gasteiger partial charge in [-0.05, 0) is 73.7 Å². The number of H-pyrrole nitrogens is 1. The van der Waals surface area contributed by atoms with Crippen LogP contribution in [0.3, 0.4) is 0 Å². The molecule has 0 radical (unpaired) electrons. The molecule has 2 N–H and O–H groups in total. The fourth-order valence-electron chi connectivity index (χ4n) is 5.48. The summed E-state index contributed by atoms with van der Waals surface area (Å²) >= 11 is 8.54. The number of anilines is 2. The maximum atomic E-state index is 14.1. The van der Waals surface area contributed by atoms with Crippen molar-refractivity contribution in [1.29, 1.82) is 0 Å². The second-order valence-electron chi connectivity index (χ2n) is 10.3. The molecule has 2 aliphatic rings. The van der Waals surface area contributed by atoms with Gasteiger partial charge in [-0.1, -0.05) is 34.7 Å². The third-order valence-electron chi connectivity index (χ3n) is 7.50. The molecule has 11 nitrogen and oxygen atoms in total. The molecule has 0 aliphatic carbocycles. The number of amides is 3. The van der Waals surface area contributed by atoms with E-state index in [0.29, 0.717) is 43.2 Å². The summed E-state index contributed by atoms with van der Waals surface area (Å²) in [6.45, 7) is 1.56. The van der Waals surface area contributed by atoms with Crippen molar-refractivity contribution in [2.75, 3.05) is 30.5 Å². The number of carbonyl (C=O) groups excluding carboxylic acids is 4. The van der Waals surface area contributed by atoms with Gasteiger partial charge < -0.3 is 24.5 Å². The fraction of sp³-hybridized carbons (Fsp3) is 0.219. The van der Waals surface area contributed by atoms with E-state index in [-0.39, 0.29) is 17.2 Å². The van der Waals surface area contributed by atoms with Gasteiger partial charge in [0.2, 0.25) is 11.8 Å². The maximum absolute atomic E-state index is 14.1. The third-order valence-corrected chi connectivity index (χ3v) is 10.1. The Morgan fingerprint density at radius 3 is 2.43 bits per heavy atom. The summed E-state index contributed by atoms with van der Waals surface area (Å²) in [7, 11) is 1.52. The van der Waals surface area contributed by atoms with Crippen molar-refractivity contribution >= 4 is 69.8 Å². The number of rotatable bonds is 9. The number of methoxy groups -OCH3 is 1. The second-order valence-corrected chi connectivity index (χ2v) is 12.9. The summed E-state index contributed by atoms with van der Waals surface area (Å²) in [6.07, 6.45) is 0. The first-order valence-corrected chi connectivity index (χ1v) is 16.2. The lowest BCUT2D eigenvalue weighted by Crippen LogP contribution is -2.32. The first kappa shape index (κ1) is 31.4. The Balaban J connectivity index is 1.28. The minimum Gasteiger partial charge on any atom is -0.497 e. The van der Waals surface area contributed by atoms with Gasteiger partial charge in [0.15, 0.2) is 6.61 Å². The molecule has 236 valence electrons. The number of hydrogen-bond acceptors (Lipinski definition) is 10. The van der Waals surface area contributed by atoms with Gasteiger partial charge in [0.1, 0.15) is 16.7 Å². The minimum atomic E-state index is -0.883. The number of thioether (sulfide) groups is 1. The first-order chi connectivity index (χ1) is 22.2. The molecular formula is C32H26ClN3O8S2. The number of halogens is 1. The van der Waals surface area contributed by atoms with Crippen LogP contribution in [-0.4, -0.2) is 54.2 Å². The Kier molecular flexibility index (Phi) is 8.89. The monoisotopic (exact) mass is 679 g/mol. The Hall–Kier alpha value is -4.59. The number of benzene rings is 3. The van der Waals surface area contributed by atoms with E-state index >= 15 is 0 Å². The highest BCUT2D eigenvalue weighted by Gasteiger charge is 2.56. The Labute approximate surface area is 275 Å². The molecule has 3 amide bonds. The number of carbonyl (C=O) groups is 4.